The predicted octanol–water partition coefficient (Wildman–Crippen LogP) is 0.734. The van der Waals surface area contributed by atoms with Gasteiger partial charge >= 0.3 is 0 Å². The lowest BCUT2D eigenvalue weighted by molar-refractivity contribution is -0.00000449. The lowest BCUT2D eigenvalue weighted by Crippen LogP contribution is -3.00. The Hall–Kier alpha value is -2.10. The summed E-state index contributed by atoms with van der Waals surface area (Å²) in [4.78, 5) is 4.04. The molecule has 0 atom stereocenters. The fraction of sp³-hybridized carbons (Fsp3) is 0.211. The van der Waals surface area contributed by atoms with Crippen LogP contribution in [0.5, 0.6) is 0 Å². The molecule has 3 rings (SSSR count). The summed E-state index contributed by atoms with van der Waals surface area (Å²) in [7, 11) is 0. The van der Waals surface area contributed by atoms with E-state index in [1.54, 1.807) is 0 Å². The molecule has 0 radical (unpaired) electrons. The Morgan fingerprint density at radius 2 is 1.65 bits per heavy atom. The van der Waals surface area contributed by atoms with Gasteiger partial charge in [-0.25, -0.2) is 4.98 Å². The first-order valence-corrected chi connectivity index (χ1v) is 7.73. The van der Waals surface area contributed by atoms with Crippen LogP contribution in [0.4, 0.5) is 0 Å². The third kappa shape index (κ3) is 5.23. The van der Waals surface area contributed by atoms with Gasteiger partial charge in [-0.1, -0.05) is 54.6 Å². The van der Waals surface area contributed by atoms with Crippen molar-refractivity contribution in [2.75, 3.05) is 6.54 Å². The summed E-state index contributed by atoms with van der Waals surface area (Å²) in [5.74, 6) is 0. The van der Waals surface area contributed by atoms with Crippen LogP contribution in [0.2, 0.25) is 0 Å². The topological polar surface area (TPSA) is 29.9 Å². The van der Waals surface area contributed by atoms with Gasteiger partial charge in [0, 0.05) is 25.5 Å². The molecule has 0 unspecified atom stereocenters. The van der Waals surface area contributed by atoms with Crippen LogP contribution in [0, 0.1) is 0 Å². The van der Waals surface area contributed by atoms with Crippen molar-refractivity contribution in [3.05, 3.63) is 78.9 Å². The van der Waals surface area contributed by atoms with Crippen molar-refractivity contribution in [1.29, 1.82) is 0 Å². The molecule has 0 saturated heterocycles. The quantitative estimate of drug-likeness (QED) is 0.649. The lowest BCUT2D eigenvalue weighted by Gasteiger charge is -2.07. The van der Waals surface area contributed by atoms with Crippen molar-refractivity contribution in [3.63, 3.8) is 0 Å². The number of aryl methyl sites for hydroxylation is 1. The highest BCUT2D eigenvalue weighted by Crippen LogP contribution is 2.19. The molecular formula is C19H21ClN3-. The monoisotopic (exact) mass is 326 g/mol. The lowest BCUT2D eigenvalue weighted by atomic mass is 10.0. The van der Waals surface area contributed by atoms with Gasteiger partial charge in [0.15, 0.2) is 0 Å². The van der Waals surface area contributed by atoms with Crippen molar-refractivity contribution < 1.29 is 12.4 Å². The molecule has 1 N–H and O–H groups in total. The summed E-state index contributed by atoms with van der Waals surface area (Å²) in [6.45, 7) is 2.94. The normalized spacial score (nSPS) is 10.3. The minimum Gasteiger partial charge on any atom is -1.00 e. The summed E-state index contributed by atoms with van der Waals surface area (Å²) in [6, 6.07) is 19.3. The first kappa shape index (κ1) is 17.3. The van der Waals surface area contributed by atoms with Crippen LogP contribution in [-0.4, -0.2) is 16.1 Å². The minimum absolute atomic E-state index is 0. The number of hydrogen-bond donors (Lipinski definition) is 1. The average Bonchev–Trinajstić information content (AvgIpc) is 3.09. The van der Waals surface area contributed by atoms with Crippen LogP contribution in [0.15, 0.2) is 73.3 Å². The second-order valence-corrected chi connectivity index (χ2v) is 5.39. The third-order valence-corrected chi connectivity index (χ3v) is 3.72. The van der Waals surface area contributed by atoms with Crippen molar-refractivity contribution >= 4 is 0 Å². The summed E-state index contributed by atoms with van der Waals surface area (Å²) >= 11 is 0. The Balaban J connectivity index is 0.00000192. The molecule has 1 aromatic heterocycles. The predicted molar refractivity (Wildman–Crippen MR) is 90.4 cm³/mol. The second kappa shape index (κ2) is 9.13. The SMILES string of the molecule is [Cl-].c1ccc(-c2ccc(CNCCCn3ccnc3)cc2)cc1. The smallest absolute Gasteiger partial charge is 0.0945 e. The number of aromatic nitrogens is 2. The zero-order valence-electron chi connectivity index (χ0n) is 13.0. The van der Waals surface area contributed by atoms with Gasteiger partial charge in [-0.3, -0.25) is 0 Å². The second-order valence-electron chi connectivity index (χ2n) is 5.39. The number of benzene rings is 2. The fourth-order valence-electron chi connectivity index (χ4n) is 2.48. The van der Waals surface area contributed by atoms with Crippen molar-refractivity contribution in [1.82, 2.24) is 14.9 Å². The molecule has 0 amide bonds. The van der Waals surface area contributed by atoms with E-state index in [-0.39, 0.29) is 12.4 Å². The number of imidazole rings is 1. The summed E-state index contributed by atoms with van der Waals surface area (Å²) in [5.41, 5.74) is 3.86. The van der Waals surface area contributed by atoms with Crippen LogP contribution >= 0.6 is 0 Å². The van der Waals surface area contributed by atoms with Crippen LogP contribution < -0.4 is 17.7 Å². The molecule has 0 aliphatic rings. The van der Waals surface area contributed by atoms with E-state index < -0.39 is 0 Å². The number of hydrogen-bond acceptors (Lipinski definition) is 2. The highest BCUT2D eigenvalue weighted by atomic mass is 35.5. The largest absolute Gasteiger partial charge is 1.00 e. The molecule has 1 heterocycles. The molecule has 120 valence electrons. The molecule has 3 aromatic rings. The van der Waals surface area contributed by atoms with E-state index in [9.17, 15) is 0 Å². The first-order chi connectivity index (χ1) is 10.9. The first-order valence-electron chi connectivity index (χ1n) is 7.73. The van der Waals surface area contributed by atoms with Crippen LogP contribution in [-0.2, 0) is 13.1 Å². The number of nitrogens with zero attached hydrogens (tertiary/aromatic N) is 2. The maximum atomic E-state index is 4.04. The zero-order chi connectivity index (χ0) is 15.0. The highest BCUT2D eigenvalue weighted by Gasteiger charge is 1.97. The summed E-state index contributed by atoms with van der Waals surface area (Å²) in [6.07, 6.45) is 6.80. The Bertz CT molecular complexity index is 664. The maximum absolute atomic E-state index is 4.04. The minimum atomic E-state index is 0. The van der Waals surface area contributed by atoms with Crippen LogP contribution in [0.1, 0.15) is 12.0 Å². The molecule has 4 heteroatoms. The van der Waals surface area contributed by atoms with E-state index in [0.29, 0.717) is 0 Å². The van der Waals surface area contributed by atoms with E-state index in [0.717, 1.165) is 26.1 Å². The number of halogens is 1. The molecule has 0 aliphatic carbocycles. The van der Waals surface area contributed by atoms with E-state index in [2.05, 4.69) is 63.4 Å². The molecular weight excluding hydrogens is 306 g/mol. The number of nitrogens with one attached hydrogen (secondary N) is 1. The van der Waals surface area contributed by atoms with Gasteiger partial charge in [0.25, 0.3) is 0 Å². The Morgan fingerprint density at radius 1 is 0.913 bits per heavy atom. The van der Waals surface area contributed by atoms with Gasteiger partial charge in [0.1, 0.15) is 0 Å². The van der Waals surface area contributed by atoms with E-state index in [4.69, 9.17) is 0 Å². The van der Waals surface area contributed by atoms with Gasteiger partial charge in [-0.2, -0.15) is 0 Å². The van der Waals surface area contributed by atoms with Crippen LogP contribution in [0.25, 0.3) is 11.1 Å². The van der Waals surface area contributed by atoms with Crippen molar-refractivity contribution in [2.45, 2.75) is 19.5 Å². The van der Waals surface area contributed by atoms with E-state index >= 15 is 0 Å². The molecule has 3 nitrogen and oxygen atoms in total. The van der Waals surface area contributed by atoms with Gasteiger partial charge in [-0.15, -0.1) is 0 Å². The number of rotatable bonds is 7. The molecule has 0 saturated carbocycles. The molecule has 0 aliphatic heterocycles. The van der Waals surface area contributed by atoms with Crippen LogP contribution in [0.3, 0.4) is 0 Å². The Morgan fingerprint density at radius 3 is 2.35 bits per heavy atom. The molecule has 23 heavy (non-hydrogen) atoms. The van der Waals surface area contributed by atoms with Gasteiger partial charge in [0.05, 0.1) is 6.33 Å². The standard InChI is InChI=1S/C19H21N3.ClH/c1-2-5-18(6-3-1)19-9-7-17(8-10-19)15-20-11-4-13-22-14-12-21-16-22;/h1-3,5-10,12,14,16,20H,4,11,13,15H2;1H/p-1. The molecule has 2 aromatic carbocycles. The third-order valence-electron chi connectivity index (χ3n) is 3.72. The Kier molecular flexibility index (Phi) is 6.85. The molecule has 0 fully saturated rings. The van der Waals surface area contributed by atoms with Gasteiger partial charge in [0.2, 0.25) is 0 Å². The summed E-state index contributed by atoms with van der Waals surface area (Å²) in [5, 5.41) is 3.49. The maximum Gasteiger partial charge on any atom is 0.0945 e. The van der Waals surface area contributed by atoms with Crippen molar-refractivity contribution in [2.24, 2.45) is 0 Å². The average molecular weight is 327 g/mol. The Labute approximate surface area is 143 Å². The van der Waals surface area contributed by atoms with Gasteiger partial charge in [-0.05, 0) is 29.7 Å². The van der Waals surface area contributed by atoms with Gasteiger partial charge < -0.3 is 22.3 Å². The molecule has 0 spiro atoms. The van der Waals surface area contributed by atoms with E-state index in [1.165, 1.54) is 16.7 Å². The zero-order valence-corrected chi connectivity index (χ0v) is 13.8. The highest BCUT2D eigenvalue weighted by molar-refractivity contribution is 5.63. The summed E-state index contributed by atoms with van der Waals surface area (Å²) < 4.78 is 2.11. The van der Waals surface area contributed by atoms with Crippen molar-refractivity contribution in [3.8, 4) is 11.1 Å². The fourth-order valence-corrected chi connectivity index (χ4v) is 2.48. The van der Waals surface area contributed by atoms with E-state index in [1.807, 2.05) is 24.8 Å². The molecule has 0 bridgehead atoms.